The van der Waals surface area contributed by atoms with Gasteiger partial charge in [-0.3, -0.25) is 4.79 Å². The third-order valence-electron chi connectivity index (χ3n) is 3.79. The van der Waals surface area contributed by atoms with Gasteiger partial charge in [-0.25, -0.2) is 9.79 Å². The van der Waals surface area contributed by atoms with Crippen molar-refractivity contribution in [3.63, 3.8) is 0 Å². The summed E-state index contributed by atoms with van der Waals surface area (Å²) in [5, 5.41) is 21.7. The van der Waals surface area contributed by atoms with Gasteiger partial charge in [0.25, 0.3) is 5.91 Å². The van der Waals surface area contributed by atoms with E-state index in [-0.39, 0.29) is 11.7 Å². The van der Waals surface area contributed by atoms with E-state index in [1.165, 1.54) is 23.9 Å². The summed E-state index contributed by atoms with van der Waals surface area (Å²) in [6.07, 6.45) is 1.10. The Kier molecular flexibility index (Phi) is 6.00. The first-order valence-electron chi connectivity index (χ1n) is 8.52. The number of ether oxygens (including phenoxy) is 1. The number of carboxylic acids is 1. The van der Waals surface area contributed by atoms with E-state index < -0.39 is 12.1 Å². The summed E-state index contributed by atoms with van der Waals surface area (Å²) in [4.78, 5) is 28.1. The Balaban J connectivity index is 1.77. The molecule has 0 aromatic heterocycles. The molecule has 1 atom stereocenters. The zero-order chi connectivity index (χ0) is 20.1. The van der Waals surface area contributed by atoms with Gasteiger partial charge in [-0.05, 0) is 54.1 Å². The van der Waals surface area contributed by atoms with Crippen LogP contribution < -0.4 is 10.1 Å². The number of carboxylic acid groups (broad SMARTS) is 1. The number of rotatable bonds is 6. The summed E-state index contributed by atoms with van der Waals surface area (Å²) in [6.45, 7) is 1.73. The molecule has 28 heavy (non-hydrogen) atoms. The van der Waals surface area contributed by atoms with Gasteiger partial charge < -0.3 is 20.3 Å². The Labute approximate surface area is 165 Å². The molecule has 1 aliphatic heterocycles. The number of amidine groups is 1. The van der Waals surface area contributed by atoms with Crippen molar-refractivity contribution in [2.24, 2.45) is 4.99 Å². The van der Waals surface area contributed by atoms with Crippen LogP contribution in [0.25, 0.3) is 6.08 Å². The van der Waals surface area contributed by atoms with Crippen LogP contribution in [0.5, 0.6) is 11.5 Å². The van der Waals surface area contributed by atoms with Crippen LogP contribution in [0, 0.1) is 0 Å². The van der Waals surface area contributed by atoms with E-state index in [0.717, 1.165) is 0 Å². The fourth-order valence-electron chi connectivity index (χ4n) is 2.46. The van der Waals surface area contributed by atoms with E-state index in [4.69, 9.17) is 9.84 Å². The van der Waals surface area contributed by atoms with Crippen LogP contribution in [0.15, 0.2) is 58.4 Å². The quantitative estimate of drug-likeness (QED) is 0.643. The molecule has 1 heterocycles. The topological polar surface area (TPSA) is 108 Å². The molecule has 0 aliphatic carbocycles. The number of phenols is 1. The van der Waals surface area contributed by atoms with Crippen LogP contribution in [0.4, 0.5) is 5.69 Å². The predicted octanol–water partition coefficient (Wildman–Crippen LogP) is 3.53. The van der Waals surface area contributed by atoms with Gasteiger partial charge in [0.2, 0.25) is 0 Å². The average Bonchev–Trinajstić information content (AvgIpc) is 2.98. The van der Waals surface area contributed by atoms with Gasteiger partial charge in [0.15, 0.2) is 11.3 Å². The molecule has 8 heteroatoms. The van der Waals surface area contributed by atoms with E-state index in [2.05, 4.69) is 10.3 Å². The Bertz CT molecular complexity index is 971. The smallest absolute Gasteiger partial charge is 0.344 e. The van der Waals surface area contributed by atoms with E-state index in [1.54, 1.807) is 49.4 Å². The molecule has 2 aromatic carbocycles. The maximum Gasteiger partial charge on any atom is 0.344 e. The monoisotopic (exact) mass is 398 g/mol. The SMILES string of the molecule is CCC(Oc1cccc(/C=C2\SC(=Nc3cccc(O)c3)NC2=O)c1)C(=O)O. The predicted molar refractivity (Wildman–Crippen MR) is 108 cm³/mol. The van der Waals surface area contributed by atoms with E-state index in [9.17, 15) is 14.7 Å². The van der Waals surface area contributed by atoms with E-state index in [0.29, 0.717) is 33.5 Å². The van der Waals surface area contributed by atoms with Crippen molar-refractivity contribution in [3.8, 4) is 11.5 Å². The zero-order valence-corrected chi connectivity index (χ0v) is 15.8. The van der Waals surface area contributed by atoms with Gasteiger partial charge in [0, 0.05) is 6.07 Å². The number of amides is 1. The fourth-order valence-corrected chi connectivity index (χ4v) is 3.30. The van der Waals surface area contributed by atoms with Crippen molar-refractivity contribution < 1.29 is 24.5 Å². The van der Waals surface area contributed by atoms with Gasteiger partial charge in [0.1, 0.15) is 11.5 Å². The van der Waals surface area contributed by atoms with Crippen molar-refractivity contribution in [3.05, 3.63) is 59.0 Å². The second kappa shape index (κ2) is 8.62. The Hall–Kier alpha value is -3.26. The highest BCUT2D eigenvalue weighted by Gasteiger charge is 2.24. The highest BCUT2D eigenvalue weighted by atomic mass is 32.2. The van der Waals surface area contributed by atoms with Gasteiger partial charge in [-0.2, -0.15) is 0 Å². The average molecular weight is 398 g/mol. The fraction of sp³-hybridized carbons (Fsp3) is 0.150. The number of nitrogens with zero attached hydrogens (tertiary/aromatic N) is 1. The van der Waals surface area contributed by atoms with Gasteiger partial charge >= 0.3 is 5.97 Å². The number of thioether (sulfide) groups is 1. The first kappa shape index (κ1) is 19.5. The van der Waals surface area contributed by atoms with Crippen LogP contribution >= 0.6 is 11.8 Å². The zero-order valence-electron chi connectivity index (χ0n) is 15.0. The molecule has 144 valence electrons. The number of carbonyl (C=O) groups is 2. The molecule has 0 spiro atoms. The number of benzene rings is 2. The number of aliphatic carboxylic acids is 1. The van der Waals surface area contributed by atoms with Gasteiger partial charge in [0.05, 0.1) is 10.6 Å². The molecular formula is C20H18N2O5S. The Morgan fingerprint density at radius 3 is 2.79 bits per heavy atom. The molecule has 3 rings (SSSR count). The highest BCUT2D eigenvalue weighted by Crippen LogP contribution is 2.29. The standard InChI is InChI=1S/C20H18N2O5S/c1-2-16(19(25)26)27-15-8-3-5-12(9-15)10-17-18(24)22-20(28-17)21-13-6-4-7-14(23)11-13/h3-11,16,23H,2H2,1H3,(H,25,26)(H,21,22,24)/b17-10-. The van der Waals surface area contributed by atoms with E-state index in [1.807, 2.05) is 0 Å². The number of hydrogen-bond acceptors (Lipinski definition) is 6. The largest absolute Gasteiger partial charge is 0.508 e. The molecule has 0 saturated carbocycles. The summed E-state index contributed by atoms with van der Waals surface area (Å²) in [7, 11) is 0. The van der Waals surface area contributed by atoms with Crippen molar-refractivity contribution in [1.29, 1.82) is 0 Å². The van der Waals surface area contributed by atoms with E-state index >= 15 is 0 Å². The van der Waals surface area contributed by atoms with Crippen molar-refractivity contribution in [2.75, 3.05) is 0 Å². The number of phenolic OH excluding ortho intramolecular Hbond substituents is 1. The summed E-state index contributed by atoms with van der Waals surface area (Å²) < 4.78 is 5.48. The molecule has 1 fully saturated rings. The second-order valence-corrected chi connectivity index (χ2v) is 6.96. The first-order valence-corrected chi connectivity index (χ1v) is 9.34. The number of aromatic hydroxyl groups is 1. The third-order valence-corrected chi connectivity index (χ3v) is 4.70. The molecule has 2 aromatic rings. The maximum absolute atomic E-state index is 12.2. The molecule has 1 saturated heterocycles. The highest BCUT2D eigenvalue weighted by molar-refractivity contribution is 8.18. The number of aliphatic imine (C=N–C) groups is 1. The molecule has 0 bridgehead atoms. The lowest BCUT2D eigenvalue weighted by Crippen LogP contribution is -2.25. The van der Waals surface area contributed by atoms with Crippen LogP contribution in [0.3, 0.4) is 0 Å². The summed E-state index contributed by atoms with van der Waals surface area (Å²) in [5.41, 5.74) is 1.23. The maximum atomic E-state index is 12.2. The normalized spacial score (nSPS) is 17.5. The lowest BCUT2D eigenvalue weighted by Gasteiger charge is -2.13. The minimum Gasteiger partial charge on any atom is -0.508 e. The molecule has 0 radical (unpaired) electrons. The summed E-state index contributed by atoms with van der Waals surface area (Å²) >= 11 is 1.18. The van der Waals surface area contributed by atoms with Crippen LogP contribution in [-0.2, 0) is 9.59 Å². The van der Waals surface area contributed by atoms with Crippen molar-refractivity contribution in [2.45, 2.75) is 19.4 Å². The summed E-state index contributed by atoms with van der Waals surface area (Å²) in [6, 6.07) is 13.3. The molecule has 3 N–H and O–H groups in total. The molecular weight excluding hydrogens is 380 g/mol. The van der Waals surface area contributed by atoms with Crippen LogP contribution in [-0.4, -0.2) is 33.4 Å². The van der Waals surface area contributed by atoms with Crippen molar-refractivity contribution in [1.82, 2.24) is 5.32 Å². The molecule has 1 amide bonds. The molecule has 1 unspecified atom stereocenters. The van der Waals surface area contributed by atoms with Crippen molar-refractivity contribution >= 4 is 40.6 Å². The Morgan fingerprint density at radius 2 is 2.07 bits per heavy atom. The molecule has 7 nitrogen and oxygen atoms in total. The first-order chi connectivity index (χ1) is 13.4. The minimum atomic E-state index is -1.02. The second-order valence-electron chi connectivity index (χ2n) is 5.93. The molecule has 1 aliphatic rings. The van der Waals surface area contributed by atoms with Gasteiger partial charge in [-0.1, -0.05) is 25.1 Å². The van der Waals surface area contributed by atoms with Crippen LogP contribution in [0.2, 0.25) is 0 Å². The summed E-state index contributed by atoms with van der Waals surface area (Å²) in [5.74, 6) is -0.798. The third kappa shape index (κ3) is 4.92. The number of carbonyl (C=O) groups excluding carboxylic acids is 1. The minimum absolute atomic E-state index is 0.0931. The lowest BCUT2D eigenvalue weighted by molar-refractivity contribution is -0.145. The van der Waals surface area contributed by atoms with Crippen LogP contribution in [0.1, 0.15) is 18.9 Å². The lowest BCUT2D eigenvalue weighted by atomic mass is 10.2. The Morgan fingerprint density at radius 1 is 1.29 bits per heavy atom. The number of hydrogen-bond donors (Lipinski definition) is 3. The number of nitrogens with one attached hydrogen (secondary N) is 1. The van der Waals surface area contributed by atoms with Gasteiger partial charge in [-0.15, -0.1) is 0 Å².